The fourth-order valence-electron chi connectivity index (χ4n) is 1.88. The summed E-state index contributed by atoms with van der Waals surface area (Å²) >= 11 is 0. The van der Waals surface area contributed by atoms with Gasteiger partial charge in [0, 0.05) is 18.4 Å². The summed E-state index contributed by atoms with van der Waals surface area (Å²) in [6.45, 7) is 2.45. The van der Waals surface area contributed by atoms with E-state index in [0.29, 0.717) is 11.3 Å². The summed E-state index contributed by atoms with van der Waals surface area (Å²) in [5.74, 6) is 0. The fraction of sp³-hybridized carbons (Fsp3) is 0.417. The molecule has 0 spiro atoms. The van der Waals surface area contributed by atoms with E-state index in [9.17, 15) is 13.2 Å². The molecule has 0 saturated carbocycles. The number of halogens is 3. The molecule has 2 heterocycles. The summed E-state index contributed by atoms with van der Waals surface area (Å²) in [5, 5.41) is 3.05. The van der Waals surface area contributed by atoms with Crippen LogP contribution in [-0.4, -0.2) is 11.5 Å². The largest absolute Gasteiger partial charge is 0.433 e. The molecule has 0 aliphatic carbocycles. The van der Waals surface area contributed by atoms with Crippen molar-refractivity contribution in [3.05, 3.63) is 35.3 Å². The summed E-state index contributed by atoms with van der Waals surface area (Å²) in [6, 6.07) is 2.81. The van der Waals surface area contributed by atoms with Crippen molar-refractivity contribution in [3.8, 4) is 0 Å². The first-order valence-electron chi connectivity index (χ1n) is 5.45. The van der Waals surface area contributed by atoms with Gasteiger partial charge in [-0.3, -0.25) is 0 Å². The van der Waals surface area contributed by atoms with Crippen LogP contribution in [-0.2, 0) is 6.18 Å². The number of allylic oxidation sites excluding steroid dienone is 1. The van der Waals surface area contributed by atoms with E-state index in [2.05, 4.69) is 10.3 Å². The molecule has 1 aliphatic heterocycles. The van der Waals surface area contributed by atoms with Crippen LogP contribution in [0.4, 0.5) is 13.2 Å². The Bertz CT molecular complexity index is 450. The second-order valence-corrected chi connectivity index (χ2v) is 4.11. The highest BCUT2D eigenvalue weighted by Gasteiger charge is 2.33. The molecule has 1 aromatic heterocycles. The third-order valence-electron chi connectivity index (χ3n) is 2.66. The van der Waals surface area contributed by atoms with Crippen molar-refractivity contribution < 1.29 is 13.2 Å². The minimum absolute atomic E-state index is 0.390. The van der Waals surface area contributed by atoms with Gasteiger partial charge in [0.2, 0.25) is 0 Å². The zero-order valence-corrected chi connectivity index (χ0v) is 9.43. The molecule has 0 radical (unpaired) electrons. The van der Waals surface area contributed by atoms with Crippen molar-refractivity contribution in [2.45, 2.75) is 25.9 Å². The quantitative estimate of drug-likeness (QED) is 0.818. The first-order chi connectivity index (χ1) is 7.97. The number of nitrogens with zero attached hydrogens (tertiary/aromatic N) is 1. The highest BCUT2D eigenvalue weighted by molar-refractivity contribution is 5.66. The van der Waals surface area contributed by atoms with E-state index in [-0.39, 0.29) is 0 Å². The van der Waals surface area contributed by atoms with Gasteiger partial charge in [0.15, 0.2) is 0 Å². The van der Waals surface area contributed by atoms with E-state index in [1.165, 1.54) is 0 Å². The predicted molar refractivity (Wildman–Crippen MR) is 59.2 cm³/mol. The topological polar surface area (TPSA) is 24.9 Å². The molecule has 0 fully saturated rings. The van der Waals surface area contributed by atoms with Gasteiger partial charge in [-0.15, -0.1) is 0 Å². The molecule has 17 heavy (non-hydrogen) atoms. The molecule has 0 atom stereocenters. The van der Waals surface area contributed by atoms with Gasteiger partial charge in [-0.05, 0) is 43.0 Å². The Morgan fingerprint density at radius 1 is 1.29 bits per heavy atom. The highest BCUT2D eigenvalue weighted by atomic mass is 19.4. The van der Waals surface area contributed by atoms with E-state index in [4.69, 9.17) is 0 Å². The lowest BCUT2D eigenvalue weighted by Gasteiger charge is -2.16. The molecule has 0 saturated heterocycles. The van der Waals surface area contributed by atoms with Crippen molar-refractivity contribution in [2.75, 3.05) is 6.54 Å². The Morgan fingerprint density at radius 3 is 2.65 bits per heavy atom. The van der Waals surface area contributed by atoms with E-state index in [0.717, 1.165) is 31.0 Å². The number of hydrogen-bond acceptors (Lipinski definition) is 2. The van der Waals surface area contributed by atoms with Crippen LogP contribution in [0.1, 0.15) is 29.8 Å². The molecular weight excluding hydrogens is 229 g/mol. The summed E-state index contributed by atoms with van der Waals surface area (Å²) in [5.41, 5.74) is 1.09. The summed E-state index contributed by atoms with van der Waals surface area (Å²) in [7, 11) is 0. The molecule has 92 valence electrons. The lowest BCUT2D eigenvalue weighted by molar-refractivity contribution is -0.141. The van der Waals surface area contributed by atoms with Crippen molar-refractivity contribution in [1.29, 1.82) is 0 Å². The van der Waals surface area contributed by atoms with E-state index in [1.807, 2.05) is 0 Å². The highest BCUT2D eigenvalue weighted by Crippen LogP contribution is 2.31. The minimum Gasteiger partial charge on any atom is -0.391 e. The first kappa shape index (κ1) is 12.0. The van der Waals surface area contributed by atoms with Gasteiger partial charge in [-0.25, -0.2) is 4.98 Å². The summed E-state index contributed by atoms with van der Waals surface area (Å²) in [4.78, 5) is 3.53. The van der Waals surface area contributed by atoms with Crippen LogP contribution >= 0.6 is 0 Å². The Balaban J connectivity index is 2.41. The minimum atomic E-state index is -4.39. The maximum atomic E-state index is 12.6. The van der Waals surface area contributed by atoms with Crippen molar-refractivity contribution in [1.82, 2.24) is 10.3 Å². The molecule has 0 unspecified atom stereocenters. The predicted octanol–water partition coefficient (Wildman–Crippen LogP) is 3.13. The Morgan fingerprint density at radius 2 is 2.06 bits per heavy atom. The van der Waals surface area contributed by atoms with Gasteiger partial charge in [-0.2, -0.15) is 13.2 Å². The third-order valence-corrected chi connectivity index (χ3v) is 2.66. The number of aryl methyl sites for hydroxylation is 1. The van der Waals surface area contributed by atoms with Crippen LogP contribution in [0.25, 0.3) is 5.57 Å². The van der Waals surface area contributed by atoms with Crippen molar-refractivity contribution >= 4 is 5.57 Å². The van der Waals surface area contributed by atoms with Crippen LogP contribution in [0, 0.1) is 6.92 Å². The van der Waals surface area contributed by atoms with Crippen LogP contribution < -0.4 is 5.32 Å². The van der Waals surface area contributed by atoms with E-state index < -0.39 is 11.9 Å². The average molecular weight is 242 g/mol. The molecule has 5 heteroatoms. The number of alkyl halides is 3. The van der Waals surface area contributed by atoms with Crippen LogP contribution in [0.5, 0.6) is 0 Å². The second-order valence-electron chi connectivity index (χ2n) is 4.11. The molecule has 0 aromatic carbocycles. The molecule has 2 nitrogen and oxygen atoms in total. The monoisotopic (exact) mass is 242 g/mol. The lowest BCUT2D eigenvalue weighted by atomic mass is 9.99. The molecule has 2 rings (SSSR count). The molecule has 1 N–H and O–H groups in total. The van der Waals surface area contributed by atoms with Crippen molar-refractivity contribution in [2.24, 2.45) is 0 Å². The molecule has 1 aromatic rings. The SMILES string of the molecule is Cc1cc(C2=CNCCC2)cc(C(F)(F)F)n1. The lowest BCUT2D eigenvalue weighted by Crippen LogP contribution is -2.14. The Kier molecular flexibility index (Phi) is 3.09. The van der Waals surface area contributed by atoms with Gasteiger partial charge >= 0.3 is 6.18 Å². The normalized spacial score (nSPS) is 16.4. The molecule has 0 amide bonds. The second kappa shape index (κ2) is 4.39. The molecular formula is C12H13F3N2. The third kappa shape index (κ3) is 2.78. The van der Waals surface area contributed by atoms with Gasteiger partial charge in [0.25, 0.3) is 0 Å². The molecule has 0 bridgehead atoms. The fourth-order valence-corrected chi connectivity index (χ4v) is 1.88. The maximum absolute atomic E-state index is 12.6. The van der Waals surface area contributed by atoms with Crippen LogP contribution in [0.2, 0.25) is 0 Å². The number of rotatable bonds is 1. The standard InChI is InChI=1S/C12H13F3N2/c1-8-5-10(9-3-2-4-16-7-9)6-11(17-8)12(13,14)15/h5-7,16H,2-4H2,1H3. The van der Waals surface area contributed by atoms with E-state index >= 15 is 0 Å². The van der Waals surface area contributed by atoms with Crippen LogP contribution in [0.15, 0.2) is 18.3 Å². The average Bonchev–Trinajstić information content (AvgIpc) is 2.28. The zero-order valence-electron chi connectivity index (χ0n) is 9.43. The van der Waals surface area contributed by atoms with Gasteiger partial charge in [0.05, 0.1) is 0 Å². The first-order valence-corrected chi connectivity index (χ1v) is 5.45. The van der Waals surface area contributed by atoms with Gasteiger partial charge in [-0.1, -0.05) is 0 Å². The molecule has 1 aliphatic rings. The van der Waals surface area contributed by atoms with Crippen LogP contribution in [0.3, 0.4) is 0 Å². The smallest absolute Gasteiger partial charge is 0.391 e. The number of nitrogens with one attached hydrogen (secondary N) is 1. The number of hydrogen-bond donors (Lipinski definition) is 1. The van der Waals surface area contributed by atoms with Gasteiger partial charge < -0.3 is 5.32 Å². The van der Waals surface area contributed by atoms with Gasteiger partial charge in [0.1, 0.15) is 5.69 Å². The summed E-state index contributed by atoms with van der Waals surface area (Å²) < 4.78 is 37.9. The number of aromatic nitrogens is 1. The summed E-state index contributed by atoms with van der Waals surface area (Å²) in [6.07, 6.45) is -0.857. The Labute approximate surface area is 97.6 Å². The van der Waals surface area contributed by atoms with Crippen molar-refractivity contribution in [3.63, 3.8) is 0 Å². The Hall–Kier alpha value is -1.52. The maximum Gasteiger partial charge on any atom is 0.433 e. The number of pyridine rings is 1. The van der Waals surface area contributed by atoms with E-state index in [1.54, 1.807) is 19.2 Å². The zero-order chi connectivity index (χ0) is 12.5.